The lowest BCUT2D eigenvalue weighted by Gasteiger charge is -2.05. The molecule has 5 heteroatoms. The average molecular weight is 248 g/mol. The minimum atomic E-state index is -0.342. The van der Waals surface area contributed by atoms with Gasteiger partial charge in [0.15, 0.2) is 11.6 Å². The molecule has 2 N–H and O–H groups in total. The van der Waals surface area contributed by atoms with Gasteiger partial charge in [0.25, 0.3) is 0 Å². The van der Waals surface area contributed by atoms with E-state index < -0.39 is 0 Å². The number of hydrogen-bond acceptors (Lipinski definition) is 3. The molecule has 0 aliphatic rings. The van der Waals surface area contributed by atoms with Crippen molar-refractivity contribution in [3.05, 3.63) is 22.6 Å². The predicted molar refractivity (Wildman–Crippen MR) is 54.3 cm³/mol. The Kier molecular flexibility index (Phi) is 4.11. The summed E-state index contributed by atoms with van der Waals surface area (Å²) in [6.45, 7) is 1.43. The van der Waals surface area contributed by atoms with Gasteiger partial charge in [0.1, 0.15) is 0 Å². The topological polar surface area (TPSA) is 37.0 Å². The van der Waals surface area contributed by atoms with E-state index in [0.29, 0.717) is 16.8 Å². The van der Waals surface area contributed by atoms with Crippen molar-refractivity contribution in [2.45, 2.75) is 0 Å². The van der Waals surface area contributed by atoms with Crippen LogP contribution in [0.15, 0.2) is 16.7 Å². The summed E-state index contributed by atoms with van der Waals surface area (Å²) in [6.07, 6.45) is 1.56. The van der Waals surface area contributed by atoms with Crippen LogP contribution in [0, 0.1) is 5.82 Å². The lowest BCUT2D eigenvalue weighted by molar-refractivity contribution is 0.622. The number of nitrogens with zero attached hydrogens (tertiary/aromatic N) is 1. The van der Waals surface area contributed by atoms with Gasteiger partial charge in [-0.2, -0.15) is 0 Å². The summed E-state index contributed by atoms with van der Waals surface area (Å²) in [7, 11) is 1.84. The number of hydrogen-bond donors (Lipinski definition) is 2. The number of likely N-dealkylation sites (N-methyl/N-ethyl adjacent to an activating group) is 1. The van der Waals surface area contributed by atoms with Crippen LogP contribution >= 0.6 is 15.9 Å². The fraction of sp³-hybridized carbons (Fsp3) is 0.375. The Balaban J connectivity index is 2.56. The van der Waals surface area contributed by atoms with Crippen molar-refractivity contribution in [1.82, 2.24) is 10.3 Å². The molecule has 1 aromatic heterocycles. The Morgan fingerprint density at radius 3 is 2.92 bits per heavy atom. The van der Waals surface area contributed by atoms with E-state index in [0.717, 1.165) is 6.54 Å². The number of pyridine rings is 1. The highest BCUT2D eigenvalue weighted by Crippen LogP contribution is 2.15. The molecule has 1 aromatic rings. The van der Waals surface area contributed by atoms with Crippen LogP contribution < -0.4 is 10.6 Å². The average Bonchev–Trinajstić information content (AvgIpc) is 2.09. The van der Waals surface area contributed by atoms with E-state index in [2.05, 4.69) is 31.5 Å². The van der Waals surface area contributed by atoms with Gasteiger partial charge >= 0.3 is 0 Å². The van der Waals surface area contributed by atoms with Crippen molar-refractivity contribution in [3.63, 3.8) is 0 Å². The first-order chi connectivity index (χ1) is 6.24. The summed E-state index contributed by atoms with van der Waals surface area (Å²) in [5, 5.41) is 5.82. The summed E-state index contributed by atoms with van der Waals surface area (Å²) in [6, 6.07) is 1.38. The molecular weight excluding hydrogens is 237 g/mol. The molecule has 1 rings (SSSR count). The van der Waals surface area contributed by atoms with Gasteiger partial charge in [0.2, 0.25) is 0 Å². The number of anilines is 1. The quantitative estimate of drug-likeness (QED) is 0.795. The molecule has 0 bridgehead atoms. The zero-order valence-corrected chi connectivity index (χ0v) is 8.86. The Bertz CT molecular complexity index is 280. The van der Waals surface area contributed by atoms with Gasteiger partial charge in [-0.3, -0.25) is 0 Å². The largest absolute Gasteiger partial charge is 0.366 e. The zero-order valence-electron chi connectivity index (χ0n) is 7.27. The van der Waals surface area contributed by atoms with Crippen LogP contribution in [-0.4, -0.2) is 25.1 Å². The molecular formula is C8H11BrFN3. The van der Waals surface area contributed by atoms with Crippen LogP contribution in [0.5, 0.6) is 0 Å². The third kappa shape index (κ3) is 3.28. The number of aromatic nitrogens is 1. The highest BCUT2D eigenvalue weighted by molar-refractivity contribution is 9.10. The molecule has 0 unspecified atom stereocenters. The van der Waals surface area contributed by atoms with Crippen molar-refractivity contribution >= 4 is 21.7 Å². The highest BCUT2D eigenvalue weighted by atomic mass is 79.9. The molecule has 0 saturated heterocycles. The second kappa shape index (κ2) is 5.14. The summed E-state index contributed by atoms with van der Waals surface area (Å²) in [4.78, 5) is 3.89. The van der Waals surface area contributed by atoms with Gasteiger partial charge in [0, 0.05) is 23.8 Å². The third-order valence-corrected chi connectivity index (χ3v) is 1.91. The first kappa shape index (κ1) is 10.4. The lowest BCUT2D eigenvalue weighted by atomic mass is 10.4. The van der Waals surface area contributed by atoms with Gasteiger partial charge in [0.05, 0.1) is 0 Å². The lowest BCUT2D eigenvalue weighted by Crippen LogP contribution is -2.18. The van der Waals surface area contributed by atoms with E-state index >= 15 is 0 Å². The molecule has 0 radical (unpaired) electrons. The van der Waals surface area contributed by atoms with E-state index in [9.17, 15) is 4.39 Å². The molecule has 3 nitrogen and oxygen atoms in total. The fourth-order valence-electron chi connectivity index (χ4n) is 0.851. The van der Waals surface area contributed by atoms with Crippen molar-refractivity contribution < 1.29 is 4.39 Å². The monoisotopic (exact) mass is 247 g/mol. The number of halogens is 2. The maximum absolute atomic E-state index is 13.1. The maximum Gasteiger partial charge on any atom is 0.166 e. The zero-order chi connectivity index (χ0) is 9.68. The van der Waals surface area contributed by atoms with E-state index in [1.54, 1.807) is 6.20 Å². The summed E-state index contributed by atoms with van der Waals surface area (Å²) in [5.41, 5.74) is 0. The second-order valence-corrected chi connectivity index (χ2v) is 3.43. The Morgan fingerprint density at radius 2 is 2.31 bits per heavy atom. The summed E-state index contributed by atoms with van der Waals surface area (Å²) < 4.78 is 13.7. The molecule has 1 heterocycles. The predicted octanol–water partition coefficient (Wildman–Crippen LogP) is 1.61. The highest BCUT2D eigenvalue weighted by Gasteiger charge is 2.02. The molecule has 0 atom stereocenters. The molecule has 0 aliphatic heterocycles. The Morgan fingerprint density at radius 1 is 1.54 bits per heavy atom. The third-order valence-electron chi connectivity index (χ3n) is 1.48. The van der Waals surface area contributed by atoms with E-state index in [1.807, 2.05) is 7.05 Å². The van der Waals surface area contributed by atoms with Crippen LogP contribution in [0.1, 0.15) is 0 Å². The first-order valence-electron chi connectivity index (χ1n) is 3.93. The molecule has 0 fully saturated rings. The van der Waals surface area contributed by atoms with Gasteiger partial charge < -0.3 is 10.6 Å². The molecule has 0 saturated carbocycles. The Hall–Kier alpha value is -0.680. The molecule has 0 aliphatic carbocycles. The molecule has 13 heavy (non-hydrogen) atoms. The normalized spacial score (nSPS) is 10.1. The summed E-state index contributed by atoms with van der Waals surface area (Å²) in [5.74, 6) is -0.0519. The van der Waals surface area contributed by atoms with Crippen molar-refractivity contribution in [1.29, 1.82) is 0 Å². The van der Waals surface area contributed by atoms with Gasteiger partial charge in [-0.25, -0.2) is 9.37 Å². The van der Waals surface area contributed by atoms with Crippen LogP contribution in [0.25, 0.3) is 0 Å². The first-order valence-corrected chi connectivity index (χ1v) is 4.73. The fourth-order valence-corrected chi connectivity index (χ4v) is 1.15. The molecule has 0 aromatic carbocycles. The van der Waals surface area contributed by atoms with Crippen LogP contribution in [-0.2, 0) is 0 Å². The van der Waals surface area contributed by atoms with Crippen LogP contribution in [0.4, 0.5) is 10.2 Å². The molecule has 72 valence electrons. The van der Waals surface area contributed by atoms with Gasteiger partial charge in [-0.1, -0.05) is 0 Å². The van der Waals surface area contributed by atoms with Crippen LogP contribution in [0.3, 0.4) is 0 Å². The number of nitrogens with one attached hydrogen (secondary N) is 2. The number of rotatable bonds is 4. The van der Waals surface area contributed by atoms with Crippen molar-refractivity contribution in [3.8, 4) is 0 Å². The van der Waals surface area contributed by atoms with Crippen LogP contribution in [0.2, 0.25) is 0 Å². The maximum atomic E-state index is 13.1. The standard InChI is InChI=1S/C8H11BrFN3/c1-11-2-3-12-8-7(10)4-6(9)5-13-8/h4-5,11H,2-3H2,1H3,(H,12,13). The molecule has 0 spiro atoms. The SMILES string of the molecule is CNCCNc1ncc(Br)cc1F. The van der Waals surface area contributed by atoms with E-state index in [1.165, 1.54) is 6.07 Å². The molecule has 0 amide bonds. The van der Waals surface area contributed by atoms with Gasteiger partial charge in [-0.15, -0.1) is 0 Å². The van der Waals surface area contributed by atoms with Gasteiger partial charge in [-0.05, 0) is 29.0 Å². The smallest absolute Gasteiger partial charge is 0.166 e. The minimum absolute atomic E-state index is 0.290. The minimum Gasteiger partial charge on any atom is -0.366 e. The van der Waals surface area contributed by atoms with E-state index in [-0.39, 0.29) is 5.82 Å². The summed E-state index contributed by atoms with van der Waals surface area (Å²) >= 11 is 3.14. The van der Waals surface area contributed by atoms with E-state index in [4.69, 9.17) is 0 Å². The second-order valence-electron chi connectivity index (χ2n) is 2.51. The van der Waals surface area contributed by atoms with Crippen molar-refractivity contribution in [2.75, 3.05) is 25.5 Å². The van der Waals surface area contributed by atoms with Crippen molar-refractivity contribution in [2.24, 2.45) is 0 Å². The Labute approximate surface area is 84.9 Å².